The van der Waals surface area contributed by atoms with Crippen LogP contribution < -0.4 is 21.3 Å². The third-order valence-electron chi connectivity index (χ3n) is 6.39. The molecule has 2 atom stereocenters. The summed E-state index contributed by atoms with van der Waals surface area (Å²) in [6, 6.07) is 7.00. The number of hydrogen-bond acceptors (Lipinski definition) is 7. The summed E-state index contributed by atoms with van der Waals surface area (Å²) in [5.41, 5.74) is 9.04. The third-order valence-corrected chi connectivity index (χ3v) is 6.39. The number of nitrogens with one attached hydrogen (secondary N) is 2. The number of nitrogens with two attached hydrogens (primary N) is 1. The number of aryl methyl sites for hydroxylation is 1. The molecule has 0 bridgehead atoms. The number of alkyl halides is 1. The molecule has 3 aromatic rings. The topological polar surface area (TPSA) is 114 Å². The molecule has 1 saturated carbocycles. The molecule has 1 aromatic carbocycles. The van der Waals surface area contributed by atoms with Crippen LogP contribution in [0.5, 0.6) is 0 Å². The van der Waals surface area contributed by atoms with Crippen LogP contribution in [0.3, 0.4) is 0 Å². The number of benzene rings is 1. The molecule has 0 spiro atoms. The number of piperidine rings is 1. The molecule has 0 radical (unpaired) electrons. The maximum absolute atomic E-state index is 14.8. The summed E-state index contributed by atoms with van der Waals surface area (Å²) in [6.45, 7) is 1.00. The largest absolute Gasteiger partial charge is 0.353 e. The fraction of sp³-hybridized carbons (Fsp3) is 0.417. The fourth-order valence-corrected chi connectivity index (χ4v) is 4.27. The van der Waals surface area contributed by atoms with Crippen molar-refractivity contribution in [1.82, 2.24) is 25.1 Å². The van der Waals surface area contributed by atoms with E-state index < -0.39 is 12.2 Å². The van der Waals surface area contributed by atoms with E-state index in [1.807, 2.05) is 42.4 Å². The van der Waals surface area contributed by atoms with Gasteiger partial charge in [0.2, 0.25) is 0 Å². The summed E-state index contributed by atoms with van der Waals surface area (Å²) in [5.74, 6) is 1.50. The van der Waals surface area contributed by atoms with Crippen LogP contribution in [0.2, 0.25) is 0 Å². The summed E-state index contributed by atoms with van der Waals surface area (Å²) >= 11 is 0. The fourth-order valence-electron chi connectivity index (χ4n) is 4.27. The number of carbonyl (C=O) groups excluding carboxylic acids is 1. The highest BCUT2D eigenvalue weighted by atomic mass is 19.1. The van der Waals surface area contributed by atoms with Gasteiger partial charge in [-0.15, -0.1) is 0 Å². The van der Waals surface area contributed by atoms with Gasteiger partial charge in [0.1, 0.15) is 12.0 Å². The van der Waals surface area contributed by atoms with Gasteiger partial charge in [0.05, 0.1) is 29.8 Å². The van der Waals surface area contributed by atoms with Crippen LogP contribution >= 0.6 is 0 Å². The number of carbonyl (C=O) groups is 1. The molecule has 3 heterocycles. The highest BCUT2D eigenvalue weighted by molar-refractivity contribution is 5.94. The molecular weight excluding hydrogens is 435 g/mol. The van der Waals surface area contributed by atoms with Crippen molar-refractivity contribution in [2.75, 3.05) is 23.3 Å². The van der Waals surface area contributed by atoms with Crippen molar-refractivity contribution in [1.29, 1.82) is 0 Å². The normalized spacial score (nSPS) is 20.3. The van der Waals surface area contributed by atoms with Crippen molar-refractivity contribution in [3.63, 3.8) is 0 Å². The van der Waals surface area contributed by atoms with Crippen molar-refractivity contribution in [2.24, 2.45) is 12.8 Å². The molecular formula is C24H29FN8O. The minimum Gasteiger partial charge on any atom is -0.353 e. The Kier molecular flexibility index (Phi) is 6.14. The molecule has 2 fully saturated rings. The van der Waals surface area contributed by atoms with E-state index in [9.17, 15) is 9.18 Å². The van der Waals surface area contributed by atoms with E-state index in [1.54, 1.807) is 17.1 Å². The summed E-state index contributed by atoms with van der Waals surface area (Å²) < 4.78 is 16.4. The molecule has 1 aliphatic heterocycles. The lowest BCUT2D eigenvalue weighted by Gasteiger charge is -2.36. The van der Waals surface area contributed by atoms with Gasteiger partial charge in [-0.1, -0.05) is 12.1 Å². The predicted octanol–water partition coefficient (Wildman–Crippen LogP) is 2.64. The maximum Gasteiger partial charge on any atom is 0.251 e. The minimum absolute atomic E-state index is 0.223. The Morgan fingerprint density at radius 3 is 2.68 bits per heavy atom. The lowest BCUT2D eigenvalue weighted by Crippen LogP contribution is -2.54. The first-order valence-electron chi connectivity index (χ1n) is 11.6. The zero-order valence-corrected chi connectivity index (χ0v) is 19.1. The number of anilines is 3. The monoisotopic (exact) mass is 464 g/mol. The van der Waals surface area contributed by atoms with E-state index in [1.165, 1.54) is 18.4 Å². The Hall–Kier alpha value is -3.53. The van der Waals surface area contributed by atoms with Gasteiger partial charge in [0, 0.05) is 38.4 Å². The van der Waals surface area contributed by atoms with Crippen molar-refractivity contribution < 1.29 is 9.18 Å². The molecule has 1 aliphatic carbocycles. The Balaban J connectivity index is 1.28. The Morgan fingerprint density at radius 1 is 1.21 bits per heavy atom. The van der Waals surface area contributed by atoms with Gasteiger partial charge in [-0.05, 0) is 42.9 Å². The first-order valence-corrected chi connectivity index (χ1v) is 11.6. The third kappa shape index (κ3) is 4.86. The van der Waals surface area contributed by atoms with E-state index in [-0.39, 0.29) is 18.9 Å². The quantitative estimate of drug-likeness (QED) is 0.493. The molecule has 34 heavy (non-hydrogen) atoms. The van der Waals surface area contributed by atoms with Crippen LogP contribution in [0.4, 0.5) is 21.7 Å². The summed E-state index contributed by atoms with van der Waals surface area (Å²) in [6.07, 6.45) is 6.73. The number of rotatable bonds is 7. The van der Waals surface area contributed by atoms with Gasteiger partial charge in [0.15, 0.2) is 5.82 Å². The van der Waals surface area contributed by atoms with E-state index in [0.29, 0.717) is 41.9 Å². The standard InChI is InChI=1S/C24H29FN8O/c1-32-13-18(11-28-32)29-23-20(10-26)27-12-22(31-23)33-9-8-19(25)21(14-33)30-24(34)17-6-4-16(5-7-17)15-2-3-15/h4-7,11-13,15,19,21H,2-3,8-10,14,26H2,1H3,(H,29,31)(H,30,34)/t19-,21-/m0/s1. The molecule has 178 valence electrons. The van der Waals surface area contributed by atoms with Crippen LogP contribution in [0, 0.1) is 0 Å². The second kappa shape index (κ2) is 9.38. The van der Waals surface area contributed by atoms with Crippen LogP contribution in [-0.2, 0) is 13.6 Å². The molecule has 1 saturated heterocycles. The smallest absolute Gasteiger partial charge is 0.251 e. The van der Waals surface area contributed by atoms with Gasteiger partial charge < -0.3 is 21.3 Å². The molecule has 9 nitrogen and oxygen atoms in total. The molecule has 10 heteroatoms. The van der Waals surface area contributed by atoms with Gasteiger partial charge in [-0.2, -0.15) is 5.10 Å². The molecule has 5 rings (SSSR count). The summed E-state index contributed by atoms with van der Waals surface area (Å²) in [4.78, 5) is 23.9. The number of amides is 1. The maximum atomic E-state index is 14.8. The molecule has 4 N–H and O–H groups in total. The SMILES string of the molecule is Cn1cc(Nc2nc(N3CC[C@H](F)[C@@H](NC(=O)c4ccc(C5CC5)cc4)C3)cnc2CN)cn1. The number of hydrogen-bond donors (Lipinski definition) is 3. The minimum atomic E-state index is -1.13. The van der Waals surface area contributed by atoms with Crippen molar-refractivity contribution in [3.8, 4) is 0 Å². The first kappa shape index (κ1) is 22.3. The zero-order valence-electron chi connectivity index (χ0n) is 19.1. The molecule has 0 unspecified atom stereocenters. The van der Waals surface area contributed by atoms with Crippen LogP contribution in [0.15, 0.2) is 42.9 Å². The van der Waals surface area contributed by atoms with Crippen molar-refractivity contribution >= 4 is 23.2 Å². The number of nitrogens with zero attached hydrogens (tertiary/aromatic N) is 5. The molecule has 2 aliphatic rings. The van der Waals surface area contributed by atoms with Crippen LogP contribution in [0.25, 0.3) is 0 Å². The average Bonchev–Trinajstić information content (AvgIpc) is 3.62. The summed E-state index contributed by atoms with van der Waals surface area (Å²) in [7, 11) is 1.83. The zero-order chi connectivity index (χ0) is 23.7. The Morgan fingerprint density at radius 2 is 2.00 bits per heavy atom. The number of halogens is 1. The van der Waals surface area contributed by atoms with Crippen molar-refractivity contribution in [3.05, 3.63) is 59.7 Å². The molecule has 1 amide bonds. The van der Waals surface area contributed by atoms with E-state index in [4.69, 9.17) is 10.7 Å². The second-order valence-corrected chi connectivity index (χ2v) is 8.98. The van der Waals surface area contributed by atoms with E-state index in [2.05, 4.69) is 20.7 Å². The van der Waals surface area contributed by atoms with E-state index >= 15 is 0 Å². The second-order valence-electron chi connectivity index (χ2n) is 8.98. The Bertz CT molecular complexity index is 1160. The predicted molar refractivity (Wildman–Crippen MR) is 128 cm³/mol. The van der Waals surface area contributed by atoms with Gasteiger partial charge in [-0.25, -0.2) is 9.37 Å². The van der Waals surface area contributed by atoms with Crippen LogP contribution in [-0.4, -0.2) is 51.0 Å². The average molecular weight is 465 g/mol. The Labute approximate surface area is 197 Å². The molecule has 2 aromatic heterocycles. The lowest BCUT2D eigenvalue weighted by molar-refractivity contribution is 0.0899. The van der Waals surface area contributed by atoms with Gasteiger partial charge >= 0.3 is 0 Å². The highest BCUT2D eigenvalue weighted by Gasteiger charge is 2.32. The van der Waals surface area contributed by atoms with Crippen molar-refractivity contribution in [2.45, 2.75) is 43.9 Å². The lowest BCUT2D eigenvalue weighted by atomic mass is 10.0. The van der Waals surface area contributed by atoms with Gasteiger partial charge in [0.25, 0.3) is 5.91 Å². The number of aromatic nitrogens is 4. The van der Waals surface area contributed by atoms with E-state index in [0.717, 1.165) is 5.69 Å². The van der Waals surface area contributed by atoms with Gasteiger partial charge in [-0.3, -0.25) is 14.5 Å². The summed E-state index contributed by atoms with van der Waals surface area (Å²) in [5, 5.41) is 10.2. The first-order chi connectivity index (χ1) is 16.5. The van der Waals surface area contributed by atoms with Crippen LogP contribution in [0.1, 0.15) is 46.8 Å². The highest BCUT2D eigenvalue weighted by Crippen LogP contribution is 2.39.